The van der Waals surface area contributed by atoms with E-state index in [0.29, 0.717) is 0 Å². The first kappa shape index (κ1) is 39.8. The van der Waals surface area contributed by atoms with E-state index in [4.69, 9.17) is 0 Å². The van der Waals surface area contributed by atoms with Crippen LogP contribution in [0.1, 0.15) is 72.2 Å². The van der Waals surface area contributed by atoms with E-state index in [1.54, 1.807) is 0 Å². The van der Waals surface area contributed by atoms with Crippen LogP contribution in [0.3, 0.4) is 0 Å². The second kappa shape index (κ2) is 17.1. The molecule has 0 unspecified atom stereocenters. The van der Waals surface area contributed by atoms with Gasteiger partial charge in [-0.3, -0.25) is 0 Å². The molecule has 0 aliphatic heterocycles. The molecule has 0 saturated carbocycles. The van der Waals surface area contributed by atoms with Crippen molar-refractivity contribution >= 4 is 33.6 Å². The Kier molecular flexibility index (Phi) is 11.3. The maximum atomic E-state index is 4.17. The molecule has 0 amide bonds. The smallest absolute Gasteiger partial charge is 0.0159 e. The minimum Gasteiger partial charge on any atom is -0.0991 e. The van der Waals surface area contributed by atoms with Crippen LogP contribution in [0.5, 0.6) is 0 Å². The molecule has 8 rings (SSSR count). The molecule has 1 aliphatic carbocycles. The van der Waals surface area contributed by atoms with Gasteiger partial charge in [-0.2, -0.15) is 0 Å². The van der Waals surface area contributed by atoms with Gasteiger partial charge in [-0.05, 0) is 156 Å². The second-order valence-corrected chi connectivity index (χ2v) is 16.1. The number of hydrogen-bond donors (Lipinski definition) is 0. The summed E-state index contributed by atoms with van der Waals surface area (Å²) in [4.78, 5) is 0. The molecule has 60 heavy (non-hydrogen) atoms. The third-order valence-electron chi connectivity index (χ3n) is 12.1. The number of rotatable bonds is 10. The molecule has 7 aromatic carbocycles. The van der Waals surface area contributed by atoms with Crippen molar-refractivity contribution in [3.63, 3.8) is 0 Å². The van der Waals surface area contributed by atoms with E-state index in [9.17, 15) is 0 Å². The lowest BCUT2D eigenvalue weighted by Gasteiger charge is -2.23. The van der Waals surface area contributed by atoms with Gasteiger partial charge in [0, 0.05) is 5.41 Å². The third kappa shape index (κ3) is 7.42. The maximum absolute atomic E-state index is 4.17. The van der Waals surface area contributed by atoms with Gasteiger partial charge in [-0.15, -0.1) is 0 Å². The highest BCUT2D eigenvalue weighted by molar-refractivity contribution is 6.09. The van der Waals surface area contributed by atoms with Crippen molar-refractivity contribution in [2.24, 2.45) is 0 Å². The van der Waals surface area contributed by atoms with Crippen molar-refractivity contribution < 1.29 is 0 Å². The average molecular weight is 773 g/mol. The molecule has 0 heteroatoms. The lowest BCUT2D eigenvalue weighted by molar-refractivity contribution is 0.661. The summed E-state index contributed by atoms with van der Waals surface area (Å²) in [5.41, 5.74) is 18.3. The lowest BCUT2D eigenvalue weighted by Crippen LogP contribution is -2.27. The first-order valence-electron chi connectivity index (χ1n) is 21.0. The Morgan fingerprint density at radius 2 is 1.28 bits per heavy atom. The van der Waals surface area contributed by atoms with Gasteiger partial charge in [0.05, 0.1) is 0 Å². The number of fused-ring (bicyclic) bond motifs is 5. The topological polar surface area (TPSA) is 0 Å². The molecule has 0 fully saturated rings. The van der Waals surface area contributed by atoms with Gasteiger partial charge in [0.15, 0.2) is 0 Å². The van der Waals surface area contributed by atoms with Gasteiger partial charge in [0.25, 0.3) is 0 Å². The first-order chi connectivity index (χ1) is 29.3. The minimum atomic E-state index is -0.0935. The van der Waals surface area contributed by atoms with Gasteiger partial charge in [-0.1, -0.05) is 197 Å². The summed E-state index contributed by atoms with van der Waals surface area (Å²) in [6.07, 6.45) is 18.6. The van der Waals surface area contributed by atoms with Gasteiger partial charge in [-0.25, -0.2) is 0 Å². The number of allylic oxidation sites excluding steroid dienone is 10. The summed E-state index contributed by atoms with van der Waals surface area (Å²) in [5, 5.41) is 4.92. The Bertz CT molecular complexity index is 3040. The quantitative estimate of drug-likeness (QED) is 0.121. The van der Waals surface area contributed by atoms with E-state index in [1.807, 2.05) is 31.2 Å². The van der Waals surface area contributed by atoms with E-state index in [2.05, 4.69) is 217 Å². The van der Waals surface area contributed by atoms with Crippen molar-refractivity contribution in [3.8, 4) is 22.3 Å². The molecule has 1 aliphatic rings. The molecule has 0 atom stereocenters. The highest BCUT2D eigenvalue weighted by Crippen LogP contribution is 2.53. The molecule has 0 saturated heterocycles. The lowest BCUT2D eigenvalue weighted by atomic mass is 9.80. The van der Waals surface area contributed by atoms with Gasteiger partial charge < -0.3 is 0 Å². The van der Waals surface area contributed by atoms with Gasteiger partial charge in [0.2, 0.25) is 0 Å². The zero-order chi connectivity index (χ0) is 41.8. The zero-order valence-corrected chi connectivity index (χ0v) is 35.5. The van der Waals surface area contributed by atoms with E-state index in [-0.39, 0.29) is 5.41 Å². The second-order valence-electron chi connectivity index (χ2n) is 16.1. The molecule has 292 valence electrons. The zero-order valence-electron chi connectivity index (χ0n) is 35.5. The average Bonchev–Trinajstić information content (AvgIpc) is 3.51. The molecule has 7 aromatic rings. The predicted molar refractivity (Wildman–Crippen MR) is 261 cm³/mol. The normalized spacial score (nSPS) is 14.4. The maximum Gasteiger partial charge on any atom is 0.0159 e. The Hall–Kier alpha value is -7.02. The third-order valence-corrected chi connectivity index (χ3v) is 12.1. The monoisotopic (exact) mass is 772 g/mol. The Morgan fingerprint density at radius 1 is 0.600 bits per heavy atom. The summed E-state index contributed by atoms with van der Waals surface area (Å²) in [6, 6.07) is 54.0. The number of hydrogen-bond acceptors (Lipinski definition) is 0. The van der Waals surface area contributed by atoms with Crippen LogP contribution < -0.4 is 10.4 Å². The number of benzene rings is 7. The van der Waals surface area contributed by atoms with Crippen LogP contribution in [0.15, 0.2) is 207 Å². The van der Waals surface area contributed by atoms with Gasteiger partial charge >= 0.3 is 0 Å². The highest BCUT2D eigenvalue weighted by atomic mass is 14.4. The van der Waals surface area contributed by atoms with Crippen LogP contribution in [0, 0.1) is 6.92 Å². The molecular formula is C60H52. The Labute approximate surface area is 356 Å². The molecule has 0 bridgehead atoms. The van der Waals surface area contributed by atoms with Crippen molar-refractivity contribution in [1.29, 1.82) is 0 Å². The van der Waals surface area contributed by atoms with Gasteiger partial charge in [0.1, 0.15) is 0 Å². The summed E-state index contributed by atoms with van der Waals surface area (Å²) in [7, 11) is 0. The molecule has 0 nitrogen and oxygen atoms in total. The van der Waals surface area contributed by atoms with E-state index in [0.717, 1.165) is 33.1 Å². The van der Waals surface area contributed by atoms with E-state index >= 15 is 0 Å². The Morgan fingerprint density at radius 3 is 2.02 bits per heavy atom. The van der Waals surface area contributed by atoms with Crippen molar-refractivity contribution in [1.82, 2.24) is 0 Å². The molecule has 0 N–H and O–H groups in total. The minimum absolute atomic E-state index is 0.0935. The van der Waals surface area contributed by atoms with Crippen LogP contribution in [0.2, 0.25) is 0 Å². The first-order valence-corrected chi connectivity index (χ1v) is 21.0. The fourth-order valence-corrected chi connectivity index (χ4v) is 9.03. The van der Waals surface area contributed by atoms with Crippen molar-refractivity contribution in [2.45, 2.75) is 40.0 Å². The van der Waals surface area contributed by atoms with Crippen LogP contribution in [0.25, 0.3) is 55.8 Å². The fourth-order valence-electron chi connectivity index (χ4n) is 9.03. The SMILES string of the molecule is C=C/C=C\C(=C/C)c1cc(/C=c2\cccc\c2=C(/c2ccc(-c3cc4c(c5ccccc35)-c3ccccc3C4(C)C)cc2)c2ccccc2C)cc(/C(C=C)=C/C=C\C)c1. The van der Waals surface area contributed by atoms with Crippen molar-refractivity contribution in [2.75, 3.05) is 0 Å². The molecule has 0 spiro atoms. The van der Waals surface area contributed by atoms with Crippen LogP contribution in [0.4, 0.5) is 0 Å². The van der Waals surface area contributed by atoms with Crippen LogP contribution >= 0.6 is 0 Å². The Balaban J connectivity index is 1.34. The summed E-state index contributed by atoms with van der Waals surface area (Å²) >= 11 is 0. The fraction of sp³-hybridized carbons (Fsp3) is 0.100. The largest absolute Gasteiger partial charge is 0.0991 e. The van der Waals surface area contributed by atoms with Crippen LogP contribution in [-0.2, 0) is 5.41 Å². The molecular weight excluding hydrogens is 721 g/mol. The summed E-state index contributed by atoms with van der Waals surface area (Å²) in [6.45, 7) is 19.2. The highest BCUT2D eigenvalue weighted by Gasteiger charge is 2.36. The summed E-state index contributed by atoms with van der Waals surface area (Å²) < 4.78 is 0. The molecule has 0 aromatic heterocycles. The number of aryl methyl sites for hydroxylation is 1. The summed E-state index contributed by atoms with van der Waals surface area (Å²) in [5.74, 6) is 0. The predicted octanol–water partition coefficient (Wildman–Crippen LogP) is 14.5. The van der Waals surface area contributed by atoms with E-state index < -0.39 is 0 Å². The standard InChI is InChI=1S/C60H52/c1-8-12-23-43(10-3)48-37-42(38-49(39-48)44(11-4)24-13-9-2)36-47-25-15-17-27-51(47)58(50-26-16-14-22-41(50)5)46-34-32-45(33-35-46)55-40-57-59(53-29-19-18-28-52(53)55)54-30-20-21-31-56(54)60(57,6)7/h8-40H,1,4H2,2-3,5-7H3/b13-9-,23-12-,43-10+,44-24+,47-36+,58-51-. The van der Waals surface area contributed by atoms with Crippen LogP contribution in [-0.4, -0.2) is 0 Å². The van der Waals surface area contributed by atoms with Crippen molar-refractivity contribution in [3.05, 3.63) is 262 Å². The van der Waals surface area contributed by atoms with E-state index in [1.165, 1.54) is 71.6 Å². The molecule has 0 radical (unpaired) electrons. The molecule has 0 heterocycles.